The Morgan fingerprint density at radius 3 is 2.80 bits per heavy atom. The summed E-state index contributed by atoms with van der Waals surface area (Å²) in [7, 11) is 0. The summed E-state index contributed by atoms with van der Waals surface area (Å²) in [5, 5.41) is 7.66. The summed E-state index contributed by atoms with van der Waals surface area (Å²) >= 11 is 0. The number of nitrogens with one attached hydrogen (secondary N) is 2. The number of ether oxygens (including phenoxy) is 1. The molecule has 2 aromatic heterocycles. The number of benzene rings is 1. The topological polar surface area (TPSA) is 72.2 Å². The van der Waals surface area contributed by atoms with Gasteiger partial charge in [-0.15, -0.1) is 12.4 Å². The SMILES string of the molecule is Cl.c1coc(CNc2nc(NCC3CCCO3)c3ccccc3n2)c1. The molecule has 4 rings (SSSR count). The predicted octanol–water partition coefficient (Wildman–Crippen LogP) is 3.85. The summed E-state index contributed by atoms with van der Waals surface area (Å²) in [6.07, 6.45) is 4.15. The summed E-state index contributed by atoms with van der Waals surface area (Å²) in [5.41, 5.74) is 0.907. The highest BCUT2D eigenvalue weighted by Crippen LogP contribution is 2.23. The molecule has 132 valence electrons. The first-order valence-electron chi connectivity index (χ1n) is 8.27. The number of hydrogen-bond acceptors (Lipinski definition) is 6. The minimum atomic E-state index is 0. The fourth-order valence-electron chi connectivity index (χ4n) is 2.89. The fraction of sp³-hybridized carbons (Fsp3) is 0.333. The van der Waals surface area contributed by atoms with Gasteiger partial charge in [-0.25, -0.2) is 4.98 Å². The molecule has 0 bridgehead atoms. The van der Waals surface area contributed by atoms with Crippen LogP contribution in [0.1, 0.15) is 18.6 Å². The third-order valence-electron chi connectivity index (χ3n) is 4.13. The van der Waals surface area contributed by atoms with Crippen LogP contribution in [-0.2, 0) is 11.3 Å². The summed E-state index contributed by atoms with van der Waals surface area (Å²) in [4.78, 5) is 9.21. The standard InChI is InChI=1S/C18H20N4O2.ClH/c1-2-8-16-15(7-1)17(19-11-13-5-3-9-23-13)22-18(21-16)20-12-14-6-4-10-24-14;/h1-2,4,6-8,10,13H,3,5,9,11-12H2,(H2,19,20,21,22);1H. The van der Waals surface area contributed by atoms with E-state index in [9.17, 15) is 0 Å². The van der Waals surface area contributed by atoms with Crippen molar-refractivity contribution in [1.82, 2.24) is 9.97 Å². The maximum atomic E-state index is 5.68. The molecule has 0 saturated carbocycles. The lowest BCUT2D eigenvalue weighted by Crippen LogP contribution is -2.19. The third-order valence-corrected chi connectivity index (χ3v) is 4.13. The van der Waals surface area contributed by atoms with Gasteiger partial charge in [-0.05, 0) is 37.1 Å². The largest absolute Gasteiger partial charge is 0.467 e. The Morgan fingerprint density at radius 2 is 2.00 bits per heavy atom. The molecule has 1 aliphatic heterocycles. The Kier molecular flexibility index (Phi) is 5.73. The summed E-state index contributed by atoms with van der Waals surface area (Å²) < 4.78 is 11.0. The molecule has 0 amide bonds. The Balaban J connectivity index is 0.00000182. The zero-order valence-corrected chi connectivity index (χ0v) is 14.6. The van der Waals surface area contributed by atoms with Crippen molar-refractivity contribution in [2.75, 3.05) is 23.8 Å². The first-order chi connectivity index (χ1) is 11.9. The second-order valence-electron chi connectivity index (χ2n) is 5.86. The lowest BCUT2D eigenvalue weighted by molar-refractivity contribution is 0.120. The quantitative estimate of drug-likeness (QED) is 0.695. The van der Waals surface area contributed by atoms with E-state index in [2.05, 4.69) is 20.6 Å². The second kappa shape index (κ2) is 8.18. The summed E-state index contributed by atoms with van der Waals surface area (Å²) in [6.45, 7) is 2.17. The number of para-hydroxylation sites is 1. The lowest BCUT2D eigenvalue weighted by Gasteiger charge is -2.14. The van der Waals surface area contributed by atoms with Crippen LogP contribution in [0.3, 0.4) is 0 Å². The molecule has 3 aromatic rings. The Morgan fingerprint density at radius 1 is 1.08 bits per heavy atom. The van der Waals surface area contributed by atoms with E-state index in [1.807, 2.05) is 36.4 Å². The van der Waals surface area contributed by atoms with E-state index in [1.165, 1.54) is 0 Å². The lowest BCUT2D eigenvalue weighted by atomic mass is 10.2. The normalized spacial score (nSPS) is 16.6. The van der Waals surface area contributed by atoms with Crippen molar-refractivity contribution in [3.05, 3.63) is 48.4 Å². The van der Waals surface area contributed by atoms with Gasteiger partial charge < -0.3 is 19.8 Å². The summed E-state index contributed by atoms with van der Waals surface area (Å²) in [5.74, 6) is 2.26. The van der Waals surface area contributed by atoms with Gasteiger partial charge in [0.1, 0.15) is 11.6 Å². The van der Waals surface area contributed by atoms with Crippen LogP contribution in [0.4, 0.5) is 11.8 Å². The Hall–Kier alpha value is -2.31. The zero-order chi connectivity index (χ0) is 16.2. The van der Waals surface area contributed by atoms with Gasteiger partial charge in [0.25, 0.3) is 0 Å². The van der Waals surface area contributed by atoms with Crippen molar-refractivity contribution in [3.8, 4) is 0 Å². The molecule has 1 fully saturated rings. The molecular formula is C18H21ClN4O2. The van der Waals surface area contributed by atoms with Gasteiger partial charge in [-0.2, -0.15) is 4.98 Å². The minimum absolute atomic E-state index is 0. The van der Waals surface area contributed by atoms with Crippen LogP contribution in [0.15, 0.2) is 47.1 Å². The molecule has 0 spiro atoms. The average molecular weight is 361 g/mol. The van der Waals surface area contributed by atoms with Crippen molar-refractivity contribution in [3.63, 3.8) is 0 Å². The maximum Gasteiger partial charge on any atom is 0.225 e. The number of hydrogen-bond donors (Lipinski definition) is 2. The van der Waals surface area contributed by atoms with E-state index < -0.39 is 0 Å². The molecule has 1 unspecified atom stereocenters. The van der Waals surface area contributed by atoms with Crippen molar-refractivity contribution in [2.24, 2.45) is 0 Å². The van der Waals surface area contributed by atoms with Gasteiger partial charge in [-0.1, -0.05) is 12.1 Å². The number of nitrogens with zero attached hydrogens (tertiary/aromatic N) is 2. The van der Waals surface area contributed by atoms with Crippen molar-refractivity contribution >= 4 is 35.1 Å². The Bertz CT molecular complexity index is 804. The second-order valence-corrected chi connectivity index (χ2v) is 5.86. The molecule has 1 aliphatic rings. The highest BCUT2D eigenvalue weighted by Gasteiger charge is 2.16. The van der Waals surface area contributed by atoms with Crippen LogP contribution in [0.5, 0.6) is 0 Å². The number of rotatable bonds is 6. The van der Waals surface area contributed by atoms with Crippen LogP contribution in [0.2, 0.25) is 0 Å². The number of furan rings is 1. The molecule has 0 aliphatic carbocycles. The number of halogens is 1. The van der Waals surface area contributed by atoms with Gasteiger partial charge >= 0.3 is 0 Å². The van der Waals surface area contributed by atoms with E-state index in [0.29, 0.717) is 12.5 Å². The molecule has 3 heterocycles. The highest BCUT2D eigenvalue weighted by atomic mass is 35.5. The van der Waals surface area contributed by atoms with Gasteiger partial charge in [0.2, 0.25) is 5.95 Å². The third kappa shape index (κ3) is 4.21. The molecule has 0 radical (unpaired) electrons. The van der Waals surface area contributed by atoms with Crippen LogP contribution >= 0.6 is 12.4 Å². The maximum absolute atomic E-state index is 5.68. The summed E-state index contributed by atoms with van der Waals surface area (Å²) in [6, 6.07) is 11.8. The molecule has 1 atom stereocenters. The van der Waals surface area contributed by atoms with Gasteiger partial charge in [-0.3, -0.25) is 0 Å². The van der Waals surface area contributed by atoms with Crippen LogP contribution in [0, 0.1) is 0 Å². The average Bonchev–Trinajstić information content (AvgIpc) is 3.31. The number of anilines is 2. The van der Waals surface area contributed by atoms with Crippen molar-refractivity contribution < 1.29 is 9.15 Å². The van der Waals surface area contributed by atoms with Gasteiger partial charge in [0.05, 0.1) is 24.4 Å². The van der Waals surface area contributed by atoms with Crippen LogP contribution < -0.4 is 10.6 Å². The Labute approximate surface area is 152 Å². The highest BCUT2D eigenvalue weighted by molar-refractivity contribution is 5.90. The van der Waals surface area contributed by atoms with E-state index in [4.69, 9.17) is 9.15 Å². The molecule has 1 aromatic carbocycles. The number of aromatic nitrogens is 2. The van der Waals surface area contributed by atoms with Crippen LogP contribution in [-0.4, -0.2) is 29.2 Å². The fourth-order valence-corrected chi connectivity index (χ4v) is 2.89. The first-order valence-corrected chi connectivity index (χ1v) is 8.27. The van der Waals surface area contributed by atoms with E-state index >= 15 is 0 Å². The molecule has 6 nitrogen and oxygen atoms in total. The molecule has 1 saturated heterocycles. The van der Waals surface area contributed by atoms with E-state index in [-0.39, 0.29) is 18.5 Å². The van der Waals surface area contributed by atoms with Gasteiger partial charge in [0.15, 0.2) is 0 Å². The van der Waals surface area contributed by atoms with Gasteiger partial charge in [0, 0.05) is 18.5 Å². The zero-order valence-electron chi connectivity index (χ0n) is 13.8. The predicted molar refractivity (Wildman–Crippen MR) is 100 cm³/mol. The van der Waals surface area contributed by atoms with Crippen molar-refractivity contribution in [2.45, 2.75) is 25.5 Å². The minimum Gasteiger partial charge on any atom is -0.467 e. The molecular weight excluding hydrogens is 340 g/mol. The molecule has 7 heteroatoms. The van der Waals surface area contributed by atoms with Crippen molar-refractivity contribution in [1.29, 1.82) is 0 Å². The monoisotopic (exact) mass is 360 g/mol. The van der Waals surface area contributed by atoms with E-state index in [0.717, 1.165) is 48.5 Å². The molecule has 25 heavy (non-hydrogen) atoms. The van der Waals surface area contributed by atoms with Crippen LogP contribution in [0.25, 0.3) is 10.9 Å². The smallest absolute Gasteiger partial charge is 0.225 e. The molecule has 2 N–H and O–H groups in total. The first kappa shape index (κ1) is 17.5. The van der Waals surface area contributed by atoms with E-state index in [1.54, 1.807) is 6.26 Å². The number of fused-ring (bicyclic) bond motifs is 1.